The molecule has 2 aliphatic rings. The number of hydrogen-bond acceptors (Lipinski definition) is 3. The van der Waals surface area contributed by atoms with Gasteiger partial charge in [0.25, 0.3) is 0 Å². The van der Waals surface area contributed by atoms with E-state index in [1.54, 1.807) is 11.9 Å². The van der Waals surface area contributed by atoms with Crippen molar-refractivity contribution in [2.45, 2.75) is 70.3 Å². The number of rotatable bonds is 6. The fraction of sp³-hybridized carbons (Fsp3) is 0.636. The zero-order valence-electron chi connectivity index (χ0n) is 16.3. The molecular formula is C22H31BrN2O2. The number of halogens is 1. The average Bonchev–Trinajstić information content (AvgIpc) is 2.72. The van der Waals surface area contributed by atoms with Crippen LogP contribution in [0.1, 0.15) is 74.6 Å². The molecule has 0 spiro atoms. The summed E-state index contributed by atoms with van der Waals surface area (Å²) in [7, 11) is 1.78. The number of benzene rings is 1. The van der Waals surface area contributed by atoms with E-state index in [0.717, 1.165) is 48.7 Å². The molecule has 0 heterocycles. The Balaban J connectivity index is 1.70. The molecule has 0 aromatic heterocycles. The van der Waals surface area contributed by atoms with Crippen LogP contribution in [0.15, 0.2) is 22.7 Å². The molecule has 2 aliphatic carbocycles. The van der Waals surface area contributed by atoms with Gasteiger partial charge in [0.05, 0.1) is 12.2 Å². The van der Waals surface area contributed by atoms with E-state index in [-0.39, 0.29) is 17.6 Å². The number of hydrogen-bond donors (Lipinski definition) is 1. The summed E-state index contributed by atoms with van der Waals surface area (Å²) in [5.74, 6) is 0.294. The van der Waals surface area contributed by atoms with E-state index >= 15 is 0 Å². The predicted octanol–water partition coefficient (Wildman–Crippen LogP) is 5.10. The minimum absolute atomic E-state index is 0.0144. The molecule has 0 aliphatic heterocycles. The van der Waals surface area contributed by atoms with Crippen LogP contribution in [0.25, 0.3) is 0 Å². The number of nitrogens with zero attached hydrogens (tertiary/aromatic N) is 1. The topological polar surface area (TPSA) is 49.4 Å². The highest BCUT2D eigenvalue weighted by Gasteiger charge is 2.27. The summed E-state index contributed by atoms with van der Waals surface area (Å²) in [5.41, 5.74) is 1.40. The summed E-state index contributed by atoms with van der Waals surface area (Å²) >= 11 is 3.49. The molecule has 0 saturated heterocycles. The lowest BCUT2D eigenvalue weighted by Crippen LogP contribution is -2.41. The van der Waals surface area contributed by atoms with Crippen molar-refractivity contribution >= 4 is 33.3 Å². The second-order valence-electron chi connectivity index (χ2n) is 8.03. The maximum Gasteiger partial charge on any atom is 0.240 e. The van der Waals surface area contributed by atoms with E-state index in [1.165, 1.54) is 25.7 Å². The third kappa shape index (κ3) is 5.41. The first-order chi connectivity index (χ1) is 13.1. The Kier molecular flexibility index (Phi) is 7.48. The van der Waals surface area contributed by atoms with E-state index in [0.29, 0.717) is 18.2 Å². The van der Waals surface area contributed by atoms with Crippen molar-refractivity contribution < 1.29 is 9.59 Å². The molecule has 0 unspecified atom stereocenters. The molecule has 1 aromatic rings. The van der Waals surface area contributed by atoms with Crippen LogP contribution in [0.5, 0.6) is 0 Å². The summed E-state index contributed by atoms with van der Waals surface area (Å²) in [6, 6.07) is 6.12. The van der Waals surface area contributed by atoms with Gasteiger partial charge in [-0.05, 0) is 43.9 Å². The lowest BCUT2D eigenvalue weighted by molar-refractivity contribution is -0.117. The number of carbonyl (C=O) groups excluding carboxylic acids is 2. The van der Waals surface area contributed by atoms with E-state index < -0.39 is 0 Å². The Hall–Kier alpha value is -1.20. The summed E-state index contributed by atoms with van der Waals surface area (Å²) in [5, 5.41) is 3.41. The second-order valence-corrected chi connectivity index (χ2v) is 8.94. The number of likely N-dealkylation sites (N-methyl/N-ethyl adjacent to an activating group) is 1. The van der Waals surface area contributed by atoms with E-state index in [4.69, 9.17) is 0 Å². The lowest BCUT2D eigenvalue weighted by atomic mass is 9.83. The standard InChI is InChI=1S/C22H31BrN2O2/c1-25(21(26)15-24-18-10-6-3-7-11-18)20-13-12-17(23)14-19(20)22(27)16-8-4-2-5-9-16/h12-14,16,18,24H,2-11,15H2,1H3. The van der Waals surface area contributed by atoms with Crippen molar-refractivity contribution in [2.75, 3.05) is 18.5 Å². The molecule has 0 atom stereocenters. The third-order valence-electron chi connectivity index (χ3n) is 6.08. The molecule has 1 amide bonds. The van der Waals surface area contributed by atoms with Crippen LogP contribution in [0, 0.1) is 5.92 Å². The largest absolute Gasteiger partial charge is 0.314 e. The van der Waals surface area contributed by atoms with Crippen molar-refractivity contribution in [3.05, 3.63) is 28.2 Å². The van der Waals surface area contributed by atoms with Crippen LogP contribution in [0.3, 0.4) is 0 Å². The summed E-state index contributed by atoms with van der Waals surface area (Å²) in [6.07, 6.45) is 11.5. The number of amides is 1. The Morgan fingerprint density at radius 2 is 1.67 bits per heavy atom. The molecule has 2 saturated carbocycles. The van der Waals surface area contributed by atoms with Crippen LogP contribution < -0.4 is 10.2 Å². The Bertz CT molecular complexity index is 664. The normalized spacial score (nSPS) is 19.0. The van der Waals surface area contributed by atoms with Crippen LogP contribution in [-0.2, 0) is 4.79 Å². The van der Waals surface area contributed by atoms with Crippen LogP contribution in [-0.4, -0.2) is 31.3 Å². The maximum absolute atomic E-state index is 13.1. The third-order valence-corrected chi connectivity index (χ3v) is 6.58. The molecule has 0 radical (unpaired) electrons. The molecule has 2 fully saturated rings. The monoisotopic (exact) mass is 434 g/mol. The number of anilines is 1. The fourth-order valence-electron chi connectivity index (χ4n) is 4.37. The molecule has 0 bridgehead atoms. The molecule has 4 nitrogen and oxygen atoms in total. The highest BCUT2D eigenvalue weighted by Crippen LogP contribution is 2.32. The first-order valence-electron chi connectivity index (χ1n) is 10.4. The minimum Gasteiger partial charge on any atom is -0.314 e. The molecule has 1 aromatic carbocycles. The van der Waals surface area contributed by atoms with Gasteiger partial charge in [0.15, 0.2) is 5.78 Å². The van der Waals surface area contributed by atoms with E-state index in [1.807, 2.05) is 18.2 Å². The van der Waals surface area contributed by atoms with Crippen molar-refractivity contribution in [3.8, 4) is 0 Å². The second kappa shape index (κ2) is 9.83. The number of carbonyl (C=O) groups is 2. The molecular weight excluding hydrogens is 404 g/mol. The highest BCUT2D eigenvalue weighted by molar-refractivity contribution is 9.10. The van der Waals surface area contributed by atoms with Crippen molar-refractivity contribution in [1.29, 1.82) is 0 Å². The van der Waals surface area contributed by atoms with Gasteiger partial charge in [-0.2, -0.15) is 0 Å². The molecule has 1 N–H and O–H groups in total. The Morgan fingerprint density at radius 3 is 2.33 bits per heavy atom. The fourth-order valence-corrected chi connectivity index (χ4v) is 4.74. The van der Waals surface area contributed by atoms with Gasteiger partial charge in [-0.25, -0.2) is 0 Å². The molecule has 3 rings (SSSR count). The van der Waals surface area contributed by atoms with Gasteiger partial charge in [0.2, 0.25) is 5.91 Å². The van der Waals surface area contributed by atoms with Crippen molar-refractivity contribution in [3.63, 3.8) is 0 Å². The van der Waals surface area contributed by atoms with Gasteiger partial charge < -0.3 is 10.2 Å². The first-order valence-corrected chi connectivity index (χ1v) is 11.2. The SMILES string of the molecule is CN(C(=O)CNC1CCCCC1)c1ccc(Br)cc1C(=O)C1CCCCC1. The molecule has 148 valence electrons. The maximum atomic E-state index is 13.1. The predicted molar refractivity (Wildman–Crippen MR) is 113 cm³/mol. The van der Waals surface area contributed by atoms with Crippen LogP contribution >= 0.6 is 15.9 Å². The van der Waals surface area contributed by atoms with Crippen LogP contribution in [0.4, 0.5) is 5.69 Å². The highest BCUT2D eigenvalue weighted by atomic mass is 79.9. The quantitative estimate of drug-likeness (QED) is 0.633. The molecule has 5 heteroatoms. The van der Waals surface area contributed by atoms with Gasteiger partial charge in [-0.1, -0.05) is 54.5 Å². The van der Waals surface area contributed by atoms with Gasteiger partial charge in [0, 0.05) is 29.0 Å². The van der Waals surface area contributed by atoms with Crippen LogP contribution in [0.2, 0.25) is 0 Å². The van der Waals surface area contributed by atoms with Crippen molar-refractivity contribution in [1.82, 2.24) is 5.32 Å². The Labute approximate surface area is 171 Å². The number of nitrogens with one attached hydrogen (secondary N) is 1. The summed E-state index contributed by atoms with van der Waals surface area (Å²) in [6.45, 7) is 0.328. The van der Waals surface area contributed by atoms with E-state index in [2.05, 4.69) is 21.2 Å². The van der Waals surface area contributed by atoms with E-state index in [9.17, 15) is 9.59 Å². The summed E-state index contributed by atoms with van der Waals surface area (Å²) < 4.78 is 0.881. The lowest BCUT2D eigenvalue weighted by Gasteiger charge is -2.26. The zero-order valence-corrected chi connectivity index (χ0v) is 17.9. The van der Waals surface area contributed by atoms with Gasteiger partial charge >= 0.3 is 0 Å². The average molecular weight is 435 g/mol. The number of ketones is 1. The first kappa shape index (κ1) is 20.5. The van der Waals surface area contributed by atoms with Crippen molar-refractivity contribution in [2.24, 2.45) is 5.92 Å². The van der Waals surface area contributed by atoms with Gasteiger partial charge in [-0.15, -0.1) is 0 Å². The zero-order chi connectivity index (χ0) is 19.2. The van der Waals surface area contributed by atoms with Gasteiger partial charge in [-0.3, -0.25) is 9.59 Å². The summed E-state index contributed by atoms with van der Waals surface area (Å²) in [4.78, 5) is 27.5. The van der Waals surface area contributed by atoms with Gasteiger partial charge in [0.1, 0.15) is 0 Å². The number of Topliss-reactive ketones (excluding diaryl/α,β-unsaturated/α-hetero) is 1. The minimum atomic E-state index is 0.0144. The molecule has 27 heavy (non-hydrogen) atoms. The smallest absolute Gasteiger partial charge is 0.240 e. The Morgan fingerprint density at radius 1 is 1.04 bits per heavy atom.